The summed E-state index contributed by atoms with van der Waals surface area (Å²) in [5, 5.41) is 8.79. The van der Waals surface area contributed by atoms with Gasteiger partial charge in [0.25, 0.3) is 0 Å². The first-order valence-corrected chi connectivity index (χ1v) is 8.87. The Balaban J connectivity index is 2.04. The van der Waals surface area contributed by atoms with Crippen molar-refractivity contribution in [1.29, 1.82) is 5.26 Å². The van der Waals surface area contributed by atoms with Crippen LogP contribution in [0.5, 0.6) is 5.75 Å². The molecule has 0 spiro atoms. The number of nitriles is 1. The number of carbonyl (C=O) groups excluding carboxylic acids is 1. The summed E-state index contributed by atoms with van der Waals surface area (Å²) < 4.78 is 28.6. The van der Waals surface area contributed by atoms with Gasteiger partial charge >= 0.3 is 5.97 Å². The summed E-state index contributed by atoms with van der Waals surface area (Å²) in [5.74, 6) is -0.326. The van der Waals surface area contributed by atoms with Crippen molar-refractivity contribution in [2.24, 2.45) is 0 Å². The second-order valence-electron chi connectivity index (χ2n) is 5.21. The Morgan fingerprint density at radius 2 is 1.58 bits per heavy atom. The van der Waals surface area contributed by atoms with E-state index in [2.05, 4.69) is 6.07 Å². The molecular weight excluding hydrogens is 328 g/mol. The maximum Gasteiger partial charge on any atom is 0.326 e. The second-order valence-corrected chi connectivity index (χ2v) is 7.30. The highest BCUT2D eigenvalue weighted by Crippen LogP contribution is 2.22. The molecule has 0 saturated carbocycles. The smallest absolute Gasteiger partial charge is 0.326 e. The van der Waals surface area contributed by atoms with Crippen molar-refractivity contribution in [2.45, 2.75) is 0 Å². The van der Waals surface area contributed by atoms with Crippen LogP contribution in [-0.2, 0) is 14.8 Å². The van der Waals surface area contributed by atoms with Crippen molar-refractivity contribution >= 4 is 16.0 Å². The molecule has 0 heterocycles. The summed E-state index contributed by atoms with van der Waals surface area (Å²) in [6, 6.07) is 16.0. The Kier molecular flexibility index (Phi) is 5.34. The lowest BCUT2D eigenvalue weighted by Crippen LogP contribution is -2.33. The van der Waals surface area contributed by atoms with Gasteiger partial charge < -0.3 is 4.74 Å². The van der Waals surface area contributed by atoms with Crippen LogP contribution in [0.3, 0.4) is 0 Å². The first kappa shape index (κ1) is 17.7. The van der Waals surface area contributed by atoms with E-state index in [1.807, 2.05) is 12.1 Å². The van der Waals surface area contributed by atoms with Gasteiger partial charge in [0.2, 0.25) is 10.0 Å². The molecule has 2 aromatic rings. The molecule has 124 valence electrons. The van der Waals surface area contributed by atoms with Gasteiger partial charge in [0.1, 0.15) is 12.3 Å². The van der Waals surface area contributed by atoms with E-state index in [0.717, 1.165) is 21.7 Å². The molecule has 0 saturated heterocycles. The fourth-order valence-corrected chi connectivity index (χ4v) is 2.26. The summed E-state index contributed by atoms with van der Waals surface area (Å²) in [6.45, 7) is -0.351. The predicted molar refractivity (Wildman–Crippen MR) is 89.7 cm³/mol. The zero-order chi connectivity index (χ0) is 17.7. The standard InChI is InChI=1S/C17H16N2O4S/c1-19(24(2,21)22)12-17(20)23-16-9-7-15(8-10-16)14-5-3-13(11-18)4-6-14/h3-10H,12H2,1-2H3. The predicted octanol–water partition coefficient (Wildman–Crippen LogP) is 2.02. The van der Waals surface area contributed by atoms with Crippen LogP contribution < -0.4 is 4.74 Å². The van der Waals surface area contributed by atoms with Crippen molar-refractivity contribution in [1.82, 2.24) is 4.31 Å². The monoisotopic (exact) mass is 344 g/mol. The molecule has 0 fully saturated rings. The van der Waals surface area contributed by atoms with Crippen molar-refractivity contribution in [2.75, 3.05) is 19.8 Å². The van der Waals surface area contributed by atoms with Crippen LogP contribution in [0.25, 0.3) is 11.1 Å². The summed E-state index contributed by atoms with van der Waals surface area (Å²) in [5.41, 5.74) is 2.43. The molecule has 0 N–H and O–H groups in total. The van der Waals surface area contributed by atoms with E-state index < -0.39 is 16.0 Å². The Bertz CT molecular complexity index is 866. The minimum atomic E-state index is -3.43. The Labute approximate surface area is 141 Å². The van der Waals surface area contributed by atoms with Crippen LogP contribution in [-0.4, -0.2) is 38.5 Å². The normalized spacial score (nSPS) is 11.1. The number of benzene rings is 2. The van der Waals surface area contributed by atoms with Crippen LogP contribution in [0.2, 0.25) is 0 Å². The molecule has 0 aliphatic carbocycles. The van der Waals surface area contributed by atoms with Crippen LogP contribution in [0.15, 0.2) is 48.5 Å². The SMILES string of the molecule is CN(CC(=O)Oc1ccc(-c2ccc(C#N)cc2)cc1)S(C)(=O)=O. The number of nitrogens with zero attached hydrogens (tertiary/aromatic N) is 2. The molecule has 0 bridgehead atoms. The largest absolute Gasteiger partial charge is 0.426 e. The fourth-order valence-electron chi connectivity index (χ4n) is 1.92. The molecule has 0 unspecified atom stereocenters. The van der Waals surface area contributed by atoms with E-state index in [4.69, 9.17) is 10.00 Å². The van der Waals surface area contributed by atoms with Crippen LogP contribution in [0.4, 0.5) is 0 Å². The third-order valence-electron chi connectivity index (χ3n) is 3.35. The van der Waals surface area contributed by atoms with Crippen molar-refractivity contribution in [3.8, 4) is 22.9 Å². The average molecular weight is 344 g/mol. The summed E-state index contributed by atoms with van der Waals surface area (Å²) in [6.07, 6.45) is 1.02. The van der Waals surface area contributed by atoms with E-state index in [1.165, 1.54) is 7.05 Å². The third-order valence-corrected chi connectivity index (χ3v) is 4.61. The van der Waals surface area contributed by atoms with Crippen LogP contribution in [0.1, 0.15) is 5.56 Å². The van der Waals surface area contributed by atoms with Gasteiger partial charge in [-0.05, 0) is 35.4 Å². The molecule has 2 rings (SSSR count). The highest BCUT2D eigenvalue weighted by Gasteiger charge is 2.16. The number of carbonyl (C=O) groups is 1. The van der Waals surface area contributed by atoms with Crippen LogP contribution >= 0.6 is 0 Å². The lowest BCUT2D eigenvalue weighted by Gasteiger charge is -2.13. The van der Waals surface area contributed by atoms with E-state index in [1.54, 1.807) is 36.4 Å². The van der Waals surface area contributed by atoms with Gasteiger partial charge in [-0.2, -0.15) is 9.57 Å². The van der Waals surface area contributed by atoms with Gasteiger partial charge in [-0.25, -0.2) is 8.42 Å². The molecule has 6 nitrogen and oxygen atoms in total. The summed E-state index contributed by atoms with van der Waals surface area (Å²) in [4.78, 5) is 11.7. The number of ether oxygens (including phenoxy) is 1. The number of esters is 1. The zero-order valence-electron chi connectivity index (χ0n) is 13.3. The van der Waals surface area contributed by atoms with Gasteiger partial charge in [0.05, 0.1) is 17.9 Å². The number of hydrogen-bond donors (Lipinski definition) is 0. The molecule has 0 amide bonds. The van der Waals surface area contributed by atoms with Crippen molar-refractivity contribution in [3.05, 3.63) is 54.1 Å². The maximum absolute atomic E-state index is 11.7. The van der Waals surface area contributed by atoms with E-state index in [9.17, 15) is 13.2 Å². The molecule has 0 aliphatic rings. The Morgan fingerprint density at radius 3 is 2.04 bits per heavy atom. The van der Waals surface area contributed by atoms with E-state index >= 15 is 0 Å². The molecule has 2 aromatic carbocycles. The molecular formula is C17H16N2O4S. The van der Waals surface area contributed by atoms with Crippen molar-refractivity contribution in [3.63, 3.8) is 0 Å². The molecule has 7 heteroatoms. The van der Waals surface area contributed by atoms with Crippen LogP contribution in [0, 0.1) is 11.3 Å². The summed E-state index contributed by atoms with van der Waals surface area (Å²) >= 11 is 0. The maximum atomic E-state index is 11.7. The quantitative estimate of drug-likeness (QED) is 0.612. The minimum Gasteiger partial charge on any atom is -0.426 e. The zero-order valence-corrected chi connectivity index (χ0v) is 14.1. The van der Waals surface area contributed by atoms with Crippen molar-refractivity contribution < 1.29 is 17.9 Å². The minimum absolute atomic E-state index is 0.333. The average Bonchev–Trinajstić information content (AvgIpc) is 2.54. The first-order valence-electron chi connectivity index (χ1n) is 7.02. The lowest BCUT2D eigenvalue weighted by atomic mass is 10.0. The number of sulfonamides is 1. The van der Waals surface area contributed by atoms with Gasteiger partial charge in [-0.15, -0.1) is 0 Å². The number of likely N-dealkylation sites (N-methyl/N-ethyl adjacent to an activating group) is 1. The first-order chi connectivity index (χ1) is 11.3. The fraction of sp³-hybridized carbons (Fsp3) is 0.176. The van der Waals surface area contributed by atoms with Gasteiger partial charge in [-0.3, -0.25) is 4.79 Å². The van der Waals surface area contributed by atoms with Gasteiger partial charge in [-0.1, -0.05) is 24.3 Å². The highest BCUT2D eigenvalue weighted by molar-refractivity contribution is 7.88. The highest BCUT2D eigenvalue weighted by atomic mass is 32.2. The summed E-state index contributed by atoms with van der Waals surface area (Å²) in [7, 11) is -2.12. The van der Waals surface area contributed by atoms with Gasteiger partial charge in [0, 0.05) is 7.05 Å². The second kappa shape index (κ2) is 7.25. The Hall–Kier alpha value is -2.69. The molecule has 0 radical (unpaired) electrons. The lowest BCUT2D eigenvalue weighted by molar-refractivity contribution is -0.134. The molecule has 0 atom stereocenters. The topological polar surface area (TPSA) is 87.5 Å². The molecule has 24 heavy (non-hydrogen) atoms. The number of hydrogen-bond acceptors (Lipinski definition) is 5. The van der Waals surface area contributed by atoms with E-state index in [0.29, 0.717) is 11.3 Å². The van der Waals surface area contributed by atoms with E-state index in [-0.39, 0.29) is 6.54 Å². The number of rotatable bonds is 5. The Morgan fingerprint density at radius 1 is 1.08 bits per heavy atom. The third kappa shape index (κ3) is 4.65. The molecule has 0 aliphatic heterocycles. The molecule has 0 aromatic heterocycles. The van der Waals surface area contributed by atoms with Gasteiger partial charge in [0.15, 0.2) is 0 Å².